The van der Waals surface area contributed by atoms with Crippen molar-refractivity contribution in [3.05, 3.63) is 17.7 Å². The zero-order valence-electron chi connectivity index (χ0n) is 9.04. The van der Waals surface area contributed by atoms with Crippen LogP contribution in [0, 0.1) is 6.92 Å². The lowest BCUT2D eigenvalue weighted by Gasteiger charge is -2.06. The third-order valence-electron chi connectivity index (χ3n) is 1.53. The van der Waals surface area contributed by atoms with E-state index >= 15 is 0 Å². The number of aromatic nitrogens is 2. The Bertz CT molecular complexity index is 365. The standard InChI is InChI=1S/C8H14N2.F3HO2S/c1-3-4-5-8-9-6-7(2)10-8;1-6(2,3,4)5/h6H,3-5H2,1-2H3,(H,9,10);(H,4,5). The molecule has 8 heteroatoms. The summed E-state index contributed by atoms with van der Waals surface area (Å²) in [6.07, 6.45) is 5.50. The van der Waals surface area contributed by atoms with Gasteiger partial charge in [-0.2, -0.15) is 0 Å². The van der Waals surface area contributed by atoms with Crippen molar-refractivity contribution in [2.24, 2.45) is 0 Å². The molecular weight excluding hydrogens is 245 g/mol. The van der Waals surface area contributed by atoms with Gasteiger partial charge in [-0.25, -0.2) is 9.54 Å². The maximum absolute atomic E-state index is 10.2. The zero-order chi connectivity index (χ0) is 12.8. The Hall–Kier alpha value is -0.890. The minimum Gasteiger partial charge on any atom is -0.348 e. The summed E-state index contributed by atoms with van der Waals surface area (Å²) in [5.74, 6) is 1.12. The Morgan fingerprint density at radius 2 is 2.00 bits per heavy atom. The second-order valence-corrected chi connectivity index (χ2v) is 4.53. The third-order valence-corrected chi connectivity index (χ3v) is 1.53. The highest BCUT2D eigenvalue weighted by Gasteiger charge is 2.19. The number of aromatic amines is 1. The van der Waals surface area contributed by atoms with Gasteiger partial charge in [-0.3, -0.25) is 0 Å². The van der Waals surface area contributed by atoms with Gasteiger partial charge in [0, 0.05) is 12.6 Å². The van der Waals surface area contributed by atoms with Gasteiger partial charge >= 0.3 is 0 Å². The van der Waals surface area contributed by atoms with Gasteiger partial charge in [-0.15, -0.1) is 4.21 Å². The number of hydrogen-bond acceptors (Lipinski definition) is 2. The van der Waals surface area contributed by atoms with E-state index in [-0.39, 0.29) is 0 Å². The summed E-state index contributed by atoms with van der Waals surface area (Å²) in [5.41, 5.74) is 1.09. The van der Waals surface area contributed by atoms with Gasteiger partial charge in [0.25, 0.3) is 0 Å². The molecule has 0 radical (unpaired) electrons. The van der Waals surface area contributed by atoms with Crippen LogP contribution in [0.4, 0.5) is 11.7 Å². The van der Waals surface area contributed by atoms with Crippen LogP contribution < -0.4 is 0 Å². The van der Waals surface area contributed by atoms with E-state index < -0.39 is 10.5 Å². The summed E-state index contributed by atoms with van der Waals surface area (Å²) in [5, 5.41) is 0. The van der Waals surface area contributed by atoms with Gasteiger partial charge < -0.3 is 4.98 Å². The summed E-state index contributed by atoms with van der Waals surface area (Å²) in [6.45, 7) is 4.20. The molecule has 0 unspecified atom stereocenters. The smallest absolute Gasteiger partial charge is 0.212 e. The van der Waals surface area contributed by atoms with Crippen LogP contribution in [0.15, 0.2) is 6.20 Å². The van der Waals surface area contributed by atoms with Gasteiger partial charge in [-0.05, 0) is 25.0 Å². The molecule has 16 heavy (non-hydrogen) atoms. The molecule has 1 aromatic heterocycles. The van der Waals surface area contributed by atoms with E-state index in [9.17, 15) is 11.7 Å². The Labute approximate surface area is 92.4 Å². The minimum absolute atomic E-state index is 1.09. The summed E-state index contributed by atoms with van der Waals surface area (Å²) in [4.78, 5) is 7.42. The molecule has 4 nitrogen and oxygen atoms in total. The summed E-state index contributed by atoms with van der Waals surface area (Å²) >= 11 is 0. The largest absolute Gasteiger partial charge is 0.348 e. The average molecular weight is 260 g/mol. The lowest BCUT2D eigenvalue weighted by atomic mass is 10.2. The van der Waals surface area contributed by atoms with Gasteiger partial charge in [0.15, 0.2) is 0 Å². The van der Waals surface area contributed by atoms with E-state index in [0.29, 0.717) is 0 Å². The summed E-state index contributed by atoms with van der Waals surface area (Å²) in [6, 6.07) is 0. The van der Waals surface area contributed by atoms with E-state index in [4.69, 9.17) is 8.76 Å². The summed E-state index contributed by atoms with van der Waals surface area (Å²) in [7, 11) is -7.60. The van der Waals surface area contributed by atoms with Crippen molar-refractivity contribution in [1.29, 1.82) is 0 Å². The number of aryl methyl sites for hydroxylation is 2. The van der Waals surface area contributed by atoms with E-state index in [1.165, 1.54) is 12.8 Å². The predicted octanol–water partition coefficient (Wildman–Crippen LogP) is 2.99. The second-order valence-electron chi connectivity index (χ2n) is 3.24. The maximum atomic E-state index is 10.2. The molecule has 0 aromatic carbocycles. The van der Waals surface area contributed by atoms with E-state index in [2.05, 4.69) is 16.9 Å². The molecule has 0 saturated carbocycles. The molecule has 96 valence electrons. The van der Waals surface area contributed by atoms with E-state index in [1.54, 1.807) is 0 Å². The number of rotatable bonds is 3. The van der Waals surface area contributed by atoms with E-state index in [1.807, 2.05) is 13.1 Å². The highest BCUT2D eigenvalue weighted by molar-refractivity contribution is 8.01. The van der Waals surface area contributed by atoms with Crippen LogP contribution in [0.5, 0.6) is 0 Å². The molecule has 0 saturated heterocycles. The molecule has 0 bridgehead atoms. The fourth-order valence-electron chi connectivity index (χ4n) is 0.937. The van der Waals surface area contributed by atoms with Gasteiger partial charge in [0.2, 0.25) is 10.5 Å². The maximum Gasteiger partial charge on any atom is 0.212 e. The normalized spacial score (nSPS) is 13.5. The SMILES string of the molecule is CCCCc1nc(C)c[nH]1.O=S(O)(F)(F)F. The highest BCUT2D eigenvalue weighted by Crippen LogP contribution is 2.24. The van der Waals surface area contributed by atoms with Crippen molar-refractivity contribution in [2.45, 2.75) is 33.1 Å². The topological polar surface area (TPSA) is 66.0 Å². The fourth-order valence-corrected chi connectivity index (χ4v) is 0.937. The average Bonchev–Trinajstić information content (AvgIpc) is 2.43. The van der Waals surface area contributed by atoms with Crippen molar-refractivity contribution in [3.63, 3.8) is 0 Å². The minimum atomic E-state index is -7.60. The molecular formula is C8H15F3N2O2S. The van der Waals surface area contributed by atoms with Crippen LogP contribution in [0.3, 0.4) is 0 Å². The van der Waals surface area contributed by atoms with Gasteiger partial charge in [0.1, 0.15) is 5.82 Å². The Morgan fingerprint density at radius 3 is 2.31 bits per heavy atom. The molecule has 1 rings (SSSR count). The molecule has 0 fully saturated rings. The van der Waals surface area contributed by atoms with Crippen LogP contribution >= 0.6 is 0 Å². The Balaban J connectivity index is 0.000000325. The van der Waals surface area contributed by atoms with Crippen LogP contribution in [0.2, 0.25) is 0 Å². The van der Waals surface area contributed by atoms with Gasteiger partial charge in [-0.1, -0.05) is 13.3 Å². The molecule has 2 N–H and O–H groups in total. The first-order chi connectivity index (χ1) is 7.06. The third kappa shape index (κ3) is 13.1. The first-order valence-electron chi connectivity index (χ1n) is 4.65. The second kappa shape index (κ2) is 5.44. The van der Waals surface area contributed by atoms with Crippen LogP contribution in [0.25, 0.3) is 0 Å². The Kier molecular flexibility index (Phi) is 5.14. The number of hydrogen-bond donors (Lipinski definition) is 2. The number of halogens is 3. The molecule has 1 aromatic rings. The van der Waals surface area contributed by atoms with E-state index in [0.717, 1.165) is 17.9 Å². The molecule has 0 aliphatic carbocycles. The lowest BCUT2D eigenvalue weighted by Crippen LogP contribution is -2.06. The number of unbranched alkanes of at least 4 members (excludes halogenated alkanes) is 1. The van der Waals surface area contributed by atoms with Crippen molar-refractivity contribution in [1.82, 2.24) is 9.97 Å². The van der Waals surface area contributed by atoms with Crippen molar-refractivity contribution in [2.75, 3.05) is 0 Å². The van der Waals surface area contributed by atoms with Crippen molar-refractivity contribution < 1.29 is 20.4 Å². The van der Waals surface area contributed by atoms with Crippen LogP contribution in [-0.4, -0.2) is 18.7 Å². The monoisotopic (exact) mass is 260 g/mol. The van der Waals surface area contributed by atoms with Crippen molar-refractivity contribution >= 4 is 10.5 Å². The number of nitrogens with zero attached hydrogens (tertiary/aromatic N) is 1. The lowest BCUT2D eigenvalue weighted by molar-refractivity contribution is 0.336. The van der Waals surface area contributed by atoms with Crippen LogP contribution in [-0.2, 0) is 16.9 Å². The number of nitrogens with one attached hydrogen (secondary N) is 1. The molecule has 0 spiro atoms. The van der Waals surface area contributed by atoms with Crippen molar-refractivity contribution in [3.8, 4) is 0 Å². The van der Waals surface area contributed by atoms with Crippen LogP contribution in [0.1, 0.15) is 31.3 Å². The molecule has 0 aliphatic rings. The highest BCUT2D eigenvalue weighted by atomic mass is 32.4. The fraction of sp³-hybridized carbons (Fsp3) is 0.625. The molecule has 0 amide bonds. The van der Waals surface area contributed by atoms with Gasteiger partial charge in [0.05, 0.1) is 5.69 Å². The quantitative estimate of drug-likeness (QED) is 0.821. The summed E-state index contributed by atoms with van der Waals surface area (Å²) < 4.78 is 45.3. The first-order valence-corrected chi connectivity index (χ1v) is 6.27. The molecule has 1 heterocycles. The predicted molar refractivity (Wildman–Crippen MR) is 56.0 cm³/mol. The zero-order valence-corrected chi connectivity index (χ0v) is 9.86. The first kappa shape index (κ1) is 15.1. The Morgan fingerprint density at radius 1 is 1.50 bits per heavy atom. The molecule has 0 aliphatic heterocycles. The number of H-pyrrole nitrogens is 1. The molecule has 0 atom stereocenters. The number of imidazole rings is 1.